The van der Waals surface area contributed by atoms with Gasteiger partial charge in [-0.3, -0.25) is 14.3 Å². The highest BCUT2D eigenvalue weighted by atomic mass is 19.4. The molecule has 0 unspecified atom stereocenters. The van der Waals surface area contributed by atoms with E-state index < -0.39 is 11.7 Å². The smallest absolute Gasteiger partial charge is 0.358 e. The number of aryl methyl sites for hydroxylation is 1. The number of anilines is 1. The average Bonchev–Trinajstić information content (AvgIpc) is 3.57. The van der Waals surface area contributed by atoms with Gasteiger partial charge in [-0.15, -0.1) is 5.10 Å². The zero-order chi connectivity index (χ0) is 27.0. The van der Waals surface area contributed by atoms with E-state index in [2.05, 4.69) is 25.9 Å². The number of nitrogens with zero attached hydrogens (tertiary/aromatic N) is 3. The van der Waals surface area contributed by atoms with Gasteiger partial charge in [-0.1, -0.05) is 29.5 Å². The Bertz CT molecular complexity index is 1570. The second-order valence-corrected chi connectivity index (χ2v) is 8.90. The lowest BCUT2D eigenvalue weighted by atomic mass is 9.93. The van der Waals surface area contributed by atoms with Crippen molar-refractivity contribution in [1.82, 2.24) is 25.3 Å². The van der Waals surface area contributed by atoms with Crippen molar-refractivity contribution in [2.75, 3.05) is 11.9 Å². The van der Waals surface area contributed by atoms with Gasteiger partial charge in [0.1, 0.15) is 0 Å². The van der Waals surface area contributed by atoms with Crippen molar-refractivity contribution in [3.05, 3.63) is 88.5 Å². The van der Waals surface area contributed by atoms with Crippen LogP contribution in [0.3, 0.4) is 0 Å². The Balaban J connectivity index is 1.49. The molecule has 2 aromatic heterocycles. The minimum Gasteiger partial charge on any atom is -0.358 e. The fourth-order valence-corrected chi connectivity index (χ4v) is 4.62. The molecule has 0 saturated carbocycles. The Kier molecular flexibility index (Phi) is 6.35. The second-order valence-electron chi connectivity index (χ2n) is 8.90. The van der Waals surface area contributed by atoms with Gasteiger partial charge in [0.05, 0.1) is 29.4 Å². The van der Waals surface area contributed by atoms with Crippen LogP contribution < -0.4 is 10.6 Å². The lowest BCUT2D eigenvalue weighted by Crippen LogP contribution is -2.28. The molecule has 2 aromatic carbocycles. The van der Waals surface area contributed by atoms with Crippen molar-refractivity contribution in [1.29, 1.82) is 0 Å². The molecule has 8 nitrogen and oxygen atoms in total. The fourth-order valence-electron chi connectivity index (χ4n) is 4.62. The van der Waals surface area contributed by atoms with Gasteiger partial charge in [0.15, 0.2) is 0 Å². The zero-order valence-electron chi connectivity index (χ0n) is 20.5. The molecule has 0 aliphatic carbocycles. The monoisotopic (exact) mass is 520 g/mol. The van der Waals surface area contributed by atoms with Crippen molar-refractivity contribution in [2.24, 2.45) is 0 Å². The standard InChI is InChI=1S/C27H23F3N6O2/c1-15-22(33-16(2)23(15)26(38)31-9-11-36-12-10-32-35-36)14-20-24-19(7-4-8-21(24)34-25(20)37)17-5-3-6-18(13-17)27(28,29)30/h3-8,10,12-14,33H,9,11H2,1-2H3,(H,31,38)(H,34,37). The Morgan fingerprint density at radius 2 is 1.95 bits per heavy atom. The molecule has 0 radical (unpaired) electrons. The van der Waals surface area contributed by atoms with E-state index in [1.807, 2.05) is 0 Å². The minimum absolute atomic E-state index is 0.276. The first-order valence-corrected chi connectivity index (χ1v) is 11.8. The molecule has 194 valence electrons. The van der Waals surface area contributed by atoms with Gasteiger partial charge in [-0.05, 0) is 54.8 Å². The molecule has 38 heavy (non-hydrogen) atoms. The maximum absolute atomic E-state index is 13.4. The first-order chi connectivity index (χ1) is 18.1. The minimum atomic E-state index is -4.49. The summed E-state index contributed by atoms with van der Waals surface area (Å²) in [4.78, 5) is 29.1. The van der Waals surface area contributed by atoms with Crippen LogP contribution >= 0.6 is 0 Å². The molecule has 0 bridgehead atoms. The number of nitrogens with one attached hydrogen (secondary N) is 3. The molecule has 5 rings (SSSR count). The molecular weight excluding hydrogens is 497 g/mol. The van der Waals surface area contributed by atoms with Crippen molar-refractivity contribution in [3.63, 3.8) is 0 Å². The summed E-state index contributed by atoms with van der Waals surface area (Å²) in [7, 11) is 0. The number of H-pyrrole nitrogens is 1. The fraction of sp³-hybridized carbons (Fsp3) is 0.185. The first-order valence-electron chi connectivity index (χ1n) is 11.8. The van der Waals surface area contributed by atoms with Gasteiger partial charge in [-0.2, -0.15) is 13.2 Å². The maximum atomic E-state index is 13.4. The second kappa shape index (κ2) is 9.66. The Hall–Kier alpha value is -4.67. The number of aromatic nitrogens is 4. The maximum Gasteiger partial charge on any atom is 0.416 e. The summed E-state index contributed by atoms with van der Waals surface area (Å²) in [6.45, 7) is 4.34. The molecule has 3 heterocycles. The number of carbonyl (C=O) groups is 2. The number of alkyl halides is 3. The third-order valence-corrected chi connectivity index (χ3v) is 6.42. The topological polar surface area (TPSA) is 105 Å². The van der Waals surface area contributed by atoms with Crippen LogP contribution in [0.2, 0.25) is 0 Å². The highest BCUT2D eigenvalue weighted by Crippen LogP contribution is 2.42. The molecule has 0 fully saturated rings. The highest BCUT2D eigenvalue weighted by Gasteiger charge is 2.32. The SMILES string of the molecule is Cc1[nH]c(C=C2C(=O)Nc3cccc(-c4cccc(C(F)(F)F)c4)c32)c(C)c1C(=O)NCCn1ccnn1. The molecule has 11 heteroatoms. The zero-order valence-corrected chi connectivity index (χ0v) is 20.5. The van der Waals surface area contributed by atoms with Gasteiger partial charge in [0.25, 0.3) is 11.8 Å². The van der Waals surface area contributed by atoms with Crippen molar-refractivity contribution in [3.8, 4) is 11.1 Å². The summed E-state index contributed by atoms with van der Waals surface area (Å²) < 4.78 is 41.7. The Morgan fingerprint density at radius 3 is 2.68 bits per heavy atom. The van der Waals surface area contributed by atoms with E-state index in [1.54, 1.807) is 61.3 Å². The lowest BCUT2D eigenvalue weighted by Gasteiger charge is -2.12. The highest BCUT2D eigenvalue weighted by molar-refractivity contribution is 6.36. The molecule has 0 spiro atoms. The Labute approximate surface area is 215 Å². The molecule has 1 aliphatic rings. The largest absolute Gasteiger partial charge is 0.416 e. The molecule has 0 saturated heterocycles. The van der Waals surface area contributed by atoms with E-state index >= 15 is 0 Å². The quantitative estimate of drug-likeness (QED) is 0.317. The molecular formula is C27H23F3N6O2. The number of carbonyl (C=O) groups excluding carboxylic acids is 2. The predicted molar refractivity (Wildman–Crippen MR) is 136 cm³/mol. The van der Waals surface area contributed by atoms with E-state index in [1.165, 1.54) is 6.07 Å². The van der Waals surface area contributed by atoms with E-state index in [0.29, 0.717) is 58.0 Å². The molecule has 2 amide bonds. The summed E-state index contributed by atoms with van der Waals surface area (Å²) in [6.07, 6.45) is 0.387. The number of rotatable bonds is 6. The van der Waals surface area contributed by atoms with Crippen LogP contribution in [0.4, 0.5) is 18.9 Å². The lowest BCUT2D eigenvalue weighted by molar-refractivity contribution is -0.137. The van der Waals surface area contributed by atoms with E-state index in [0.717, 1.165) is 12.1 Å². The summed E-state index contributed by atoms with van der Waals surface area (Å²) in [5.74, 6) is -0.660. The van der Waals surface area contributed by atoms with Crippen LogP contribution in [0.5, 0.6) is 0 Å². The average molecular weight is 521 g/mol. The normalized spacial score (nSPS) is 14.0. The van der Waals surface area contributed by atoms with Crippen LogP contribution in [0.25, 0.3) is 22.8 Å². The van der Waals surface area contributed by atoms with Gasteiger partial charge in [0, 0.05) is 35.4 Å². The number of benzene rings is 2. The molecule has 3 N–H and O–H groups in total. The number of halogens is 3. The number of aromatic amines is 1. The first kappa shape index (κ1) is 25.0. The number of amides is 2. The third-order valence-electron chi connectivity index (χ3n) is 6.42. The van der Waals surface area contributed by atoms with Crippen LogP contribution in [-0.2, 0) is 17.5 Å². The van der Waals surface area contributed by atoms with Crippen molar-refractivity contribution >= 4 is 29.2 Å². The van der Waals surface area contributed by atoms with Gasteiger partial charge in [-0.25, -0.2) is 0 Å². The van der Waals surface area contributed by atoms with Gasteiger partial charge >= 0.3 is 6.18 Å². The van der Waals surface area contributed by atoms with Crippen LogP contribution in [0.15, 0.2) is 54.9 Å². The van der Waals surface area contributed by atoms with Crippen molar-refractivity contribution < 1.29 is 22.8 Å². The number of hydrogen-bond acceptors (Lipinski definition) is 4. The molecule has 4 aromatic rings. The van der Waals surface area contributed by atoms with Crippen LogP contribution in [0.1, 0.15) is 38.4 Å². The summed E-state index contributed by atoms with van der Waals surface area (Å²) in [5, 5.41) is 13.2. The predicted octanol–water partition coefficient (Wildman–Crippen LogP) is 4.83. The number of fused-ring (bicyclic) bond motifs is 1. The van der Waals surface area contributed by atoms with E-state index in [9.17, 15) is 22.8 Å². The molecule has 1 aliphatic heterocycles. The summed E-state index contributed by atoms with van der Waals surface area (Å²) in [5.41, 5.74) is 3.63. The van der Waals surface area contributed by atoms with E-state index in [4.69, 9.17) is 0 Å². The van der Waals surface area contributed by atoms with Crippen LogP contribution in [-0.4, -0.2) is 38.3 Å². The van der Waals surface area contributed by atoms with Crippen molar-refractivity contribution in [2.45, 2.75) is 26.6 Å². The van der Waals surface area contributed by atoms with Gasteiger partial charge in [0.2, 0.25) is 0 Å². The summed E-state index contributed by atoms with van der Waals surface area (Å²) >= 11 is 0. The summed E-state index contributed by atoms with van der Waals surface area (Å²) in [6, 6.07) is 10.1. The van der Waals surface area contributed by atoms with E-state index in [-0.39, 0.29) is 17.4 Å². The van der Waals surface area contributed by atoms with Gasteiger partial charge < -0.3 is 15.6 Å². The Morgan fingerprint density at radius 1 is 1.16 bits per heavy atom. The third kappa shape index (κ3) is 4.70. The number of hydrogen-bond donors (Lipinski definition) is 3. The molecule has 0 atom stereocenters. The van der Waals surface area contributed by atoms with Crippen LogP contribution in [0, 0.1) is 13.8 Å².